The summed E-state index contributed by atoms with van der Waals surface area (Å²) in [5.41, 5.74) is 2.50. The van der Waals surface area contributed by atoms with Crippen LogP contribution in [0, 0.1) is 0 Å². The van der Waals surface area contributed by atoms with Crippen molar-refractivity contribution in [2.24, 2.45) is 0 Å². The van der Waals surface area contributed by atoms with Gasteiger partial charge in [-0.2, -0.15) is 0 Å². The molecule has 1 heterocycles. The standard InChI is InChI=1S/C13H12O3/c1-9(14)5-6-10-3-2-4-12-11(10)7-8-16-13(12)15/h2-6H,7-8H2,1H3/b6-5+. The van der Waals surface area contributed by atoms with Gasteiger partial charge in [0.25, 0.3) is 0 Å². The van der Waals surface area contributed by atoms with Crippen molar-refractivity contribution in [1.29, 1.82) is 0 Å². The van der Waals surface area contributed by atoms with Gasteiger partial charge in [-0.1, -0.05) is 18.2 Å². The van der Waals surface area contributed by atoms with Crippen LogP contribution in [0.2, 0.25) is 0 Å². The highest BCUT2D eigenvalue weighted by Crippen LogP contribution is 2.21. The SMILES string of the molecule is CC(=O)/C=C/c1cccc2c1CCOC2=O. The number of fused-ring (bicyclic) bond motifs is 1. The zero-order chi connectivity index (χ0) is 11.5. The molecule has 0 bridgehead atoms. The molecule has 0 fully saturated rings. The normalized spacial score (nSPS) is 14.7. The number of hydrogen-bond acceptors (Lipinski definition) is 3. The average molecular weight is 216 g/mol. The monoisotopic (exact) mass is 216 g/mol. The lowest BCUT2D eigenvalue weighted by molar-refractivity contribution is -0.112. The highest BCUT2D eigenvalue weighted by atomic mass is 16.5. The van der Waals surface area contributed by atoms with Crippen molar-refractivity contribution in [2.75, 3.05) is 6.61 Å². The second-order valence-corrected chi connectivity index (χ2v) is 3.70. The van der Waals surface area contributed by atoms with Gasteiger partial charge in [-0.25, -0.2) is 4.79 Å². The highest BCUT2D eigenvalue weighted by molar-refractivity contribution is 5.95. The number of carbonyl (C=O) groups is 2. The molecule has 1 aliphatic rings. The van der Waals surface area contributed by atoms with Crippen LogP contribution >= 0.6 is 0 Å². The molecule has 0 aliphatic carbocycles. The van der Waals surface area contributed by atoms with Crippen LogP contribution in [-0.2, 0) is 16.0 Å². The van der Waals surface area contributed by atoms with E-state index in [1.807, 2.05) is 6.07 Å². The summed E-state index contributed by atoms with van der Waals surface area (Å²) in [4.78, 5) is 22.3. The van der Waals surface area contributed by atoms with Crippen LogP contribution in [0.3, 0.4) is 0 Å². The molecular weight excluding hydrogens is 204 g/mol. The Labute approximate surface area is 93.7 Å². The van der Waals surface area contributed by atoms with E-state index in [1.54, 1.807) is 18.2 Å². The molecule has 3 nitrogen and oxygen atoms in total. The maximum atomic E-state index is 11.5. The number of carbonyl (C=O) groups excluding carboxylic acids is 2. The maximum Gasteiger partial charge on any atom is 0.338 e. The lowest BCUT2D eigenvalue weighted by atomic mass is 9.96. The second kappa shape index (κ2) is 4.31. The fourth-order valence-corrected chi connectivity index (χ4v) is 1.76. The van der Waals surface area contributed by atoms with E-state index < -0.39 is 0 Å². The van der Waals surface area contributed by atoms with Crippen molar-refractivity contribution in [1.82, 2.24) is 0 Å². The Bertz CT molecular complexity index is 472. The van der Waals surface area contributed by atoms with Crippen LogP contribution in [0.1, 0.15) is 28.4 Å². The first kappa shape index (κ1) is 10.6. The van der Waals surface area contributed by atoms with E-state index in [0.717, 1.165) is 11.1 Å². The number of benzene rings is 1. The average Bonchev–Trinajstić information content (AvgIpc) is 2.27. The minimum Gasteiger partial charge on any atom is -0.462 e. The third kappa shape index (κ3) is 2.03. The fourth-order valence-electron chi connectivity index (χ4n) is 1.76. The van der Waals surface area contributed by atoms with Crippen LogP contribution < -0.4 is 0 Å². The van der Waals surface area contributed by atoms with E-state index >= 15 is 0 Å². The molecule has 1 aromatic rings. The van der Waals surface area contributed by atoms with Crippen LogP contribution in [-0.4, -0.2) is 18.4 Å². The minimum absolute atomic E-state index is 0.00371. The lowest BCUT2D eigenvalue weighted by Gasteiger charge is -2.17. The molecule has 0 spiro atoms. The zero-order valence-electron chi connectivity index (χ0n) is 9.03. The smallest absolute Gasteiger partial charge is 0.338 e. The Morgan fingerprint density at radius 3 is 3.00 bits per heavy atom. The maximum absolute atomic E-state index is 11.5. The molecule has 0 saturated heterocycles. The molecule has 0 radical (unpaired) electrons. The van der Waals surface area contributed by atoms with E-state index in [1.165, 1.54) is 13.0 Å². The minimum atomic E-state index is -0.278. The van der Waals surface area contributed by atoms with Crippen molar-refractivity contribution in [2.45, 2.75) is 13.3 Å². The molecular formula is C13H12O3. The summed E-state index contributed by atoms with van der Waals surface area (Å²) < 4.78 is 4.95. The molecule has 82 valence electrons. The summed E-state index contributed by atoms with van der Waals surface area (Å²) in [6.45, 7) is 1.91. The summed E-state index contributed by atoms with van der Waals surface area (Å²) in [5.74, 6) is -0.282. The van der Waals surface area contributed by atoms with Gasteiger partial charge in [-0.3, -0.25) is 4.79 Å². The molecule has 2 rings (SSSR count). The van der Waals surface area contributed by atoms with E-state index in [-0.39, 0.29) is 11.8 Å². The van der Waals surface area contributed by atoms with Crippen molar-refractivity contribution >= 4 is 17.8 Å². The third-order valence-electron chi connectivity index (χ3n) is 2.51. The highest BCUT2D eigenvalue weighted by Gasteiger charge is 2.19. The Hall–Kier alpha value is -1.90. The van der Waals surface area contributed by atoms with Gasteiger partial charge in [-0.15, -0.1) is 0 Å². The van der Waals surface area contributed by atoms with Crippen LogP contribution in [0.4, 0.5) is 0 Å². The van der Waals surface area contributed by atoms with E-state index in [4.69, 9.17) is 4.74 Å². The van der Waals surface area contributed by atoms with Gasteiger partial charge in [0.05, 0.1) is 12.2 Å². The first-order valence-corrected chi connectivity index (χ1v) is 5.16. The molecule has 16 heavy (non-hydrogen) atoms. The van der Waals surface area contributed by atoms with E-state index in [0.29, 0.717) is 18.6 Å². The van der Waals surface area contributed by atoms with Gasteiger partial charge in [0.2, 0.25) is 0 Å². The van der Waals surface area contributed by atoms with Crippen molar-refractivity contribution in [3.8, 4) is 0 Å². The quantitative estimate of drug-likeness (QED) is 0.561. The zero-order valence-corrected chi connectivity index (χ0v) is 9.03. The summed E-state index contributed by atoms with van der Waals surface area (Å²) in [7, 11) is 0. The predicted molar refractivity (Wildman–Crippen MR) is 60.1 cm³/mol. The van der Waals surface area contributed by atoms with Crippen molar-refractivity contribution in [3.05, 3.63) is 41.0 Å². The number of rotatable bonds is 2. The second-order valence-electron chi connectivity index (χ2n) is 3.70. The van der Waals surface area contributed by atoms with Gasteiger partial charge >= 0.3 is 5.97 Å². The molecule has 3 heteroatoms. The van der Waals surface area contributed by atoms with Crippen LogP contribution in [0.25, 0.3) is 6.08 Å². The van der Waals surface area contributed by atoms with Gasteiger partial charge in [0, 0.05) is 6.42 Å². The molecule has 0 N–H and O–H groups in total. The number of ketones is 1. The molecule has 0 unspecified atom stereocenters. The molecule has 0 aromatic heterocycles. The first-order chi connectivity index (χ1) is 7.68. The summed E-state index contributed by atoms with van der Waals surface area (Å²) in [5, 5.41) is 0. The fraction of sp³-hybridized carbons (Fsp3) is 0.231. The molecule has 1 aromatic carbocycles. The lowest BCUT2D eigenvalue weighted by Crippen LogP contribution is -2.18. The number of esters is 1. The molecule has 0 saturated carbocycles. The van der Waals surface area contributed by atoms with E-state index in [9.17, 15) is 9.59 Å². The van der Waals surface area contributed by atoms with Crippen LogP contribution in [0.5, 0.6) is 0 Å². The van der Waals surface area contributed by atoms with Gasteiger partial charge in [-0.05, 0) is 30.2 Å². The van der Waals surface area contributed by atoms with Crippen molar-refractivity contribution in [3.63, 3.8) is 0 Å². The topological polar surface area (TPSA) is 43.4 Å². The summed E-state index contributed by atoms with van der Waals surface area (Å²) in [6, 6.07) is 5.45. The Kier molecular flexibility index (Phi) is 2.86. The number of ether oxygens (including phenoxy) is 1. The number of cyclic esters (lactones) is 1. The van der Waals surface area contributed by atoms with Crippen molar-refractivity contribution < 1.29 is 14.3 Å². The van der Waals surface area contributed by atoms with Gasteiger partial charge < -0.3 is 4.74 Å². The molecule has 1 aliphatic heterocycles. The first-order valence-electron chi connectivity index (χ1n) is 5.16. The summed E-state index contributed by atoms with van der Waals surface area (Å²) in [6.07, 6.45) is 3.97. The van der Waals surface area contributed by atoms with E-state index in [2.05, 4.69) is 0 Å². The summed E-state index contributed by atoms with van der Waals surface area (Å²) >= 11 is 0. The number of hydrogen-bond donors (Lipinski definition) is 0. The Morgan fingerprint density at radius 1 is 1.44 bits per heavy atom. The third-order valence-corrected chi connectivity index (χ3v) is 2.51. The van der Waals surface area contributed by atoms with Gasteiger partial charge in [0.1, 0.15) is 0 Å². The number of allylic oxidation sites excluding steroid dienone is 1. The largest absolute Gasteiger partial charge is 0.462 e. The molecule has 0 atom stereocenters. The predicted octanol–water partition coefficient (Wildman–Crippen LogP) is 2.00. The van der Waals surface area contributed by atoms with Crippen LogP contribution in [0.15, 0.2) is 24.3 Å². The Balaban J connectivity index is 2.43. The Morgan fingerprint density at radius 2 is 2.25 bits per heavy atom. The van der Waals surface area contributed by atoms with Gasteiger partial charge in [0.15, 0.2) is 5.78 Å². The molecule has 0 amide bonds.